The van der Waals surface area contributed by atoms with Crippen molar-refractivity contribution in [3.63, 3.8) is 0 Å². The lowest BCUT2D eigenvalue weighted by Crippen LogP contribution is -2.12. The van der Waals surface area contributed by atoms with Crippen molar-refractivity contribution < 1.29 is 4.74 Å². The topological polar surface area (TPSA) is 86.0 Å². The summed E-state index contributed by atoms with van der Waals surface area (Å²) in [6.07, 6.45) is 4.81. The van der Waals surface area contributed by atoms with Crippen LogP contribution in [0.3, 0.4) is 0 Å². The third-order valence-corrected chi connectivity index (χ3v) is 3.14. The van der Waals surface area contributed by atoms with Crippen LogP contribution in [0.1, 0.15) is 30.3 Å². The first-order valence-corrected chi connectivity index (χ1v) is 6.73. The lowest BCUT2D eigenvalue weighted by Gasteiger charge is -2.08. The fourth-order valence-electron chi connectivity index (χ4n) is 1.92. The van der Waals surface area contributed by atoms with Crippen molar-refractivity contribution in [2.45, 2.75) is 25.2 Å². The Morgan fingerprint density at radius 3 is 2.90 bits per heavy atom. The number of nitrogens with zero attached hydrogens (tertiary/aromatic N) is 3. The summed E-state index contributed by atoms with van der Waals surface area (Å²) in [7, 11) is 0. The molecule has 1 aliphatic rings. The van der Waals surface area contributed by atoms with Gasteiger partial charge >= 0.3 is 0 Å². The fourth-order valence-corrected chi connectivity index (χ4v) is 1.92. The second-order valence-electron chi connectivity index (χ2n) is 4.79. The minimum absolute atomic E-state index is 0.460. The van der Waals surface area contributed by atoms with Crippen LogP contribution in [0.25, 0.3) is 0 Å². The molecule has 20 heavy (non-hydrogen) atoms. The first-order chi connectivity index (χ1) is 9.85. The standard InChI is InChI=1S/C14H17N5O/c15-19-12-9-13(18-14(17-12)10-4-5-10)20-8-6-11-3-1-2-7-16-11/h1-3,7,9-10H,4-6,8,15H2,(H,17,18,19). The number of anilines is 1. The minimum atomic E-state index is 0.460. The molecule has 3 rings (SSSR count). The van der Waals surface area contributed by atoms with E-state index in [-0.39, 0.29) is 0 Å². The Balaban J connectivity index is 1.63. The van der Waals surface area contributed by atoms with Crippen LogP contribution in [0.2, 0.25) is 0 Å². The van der Waals surface area contributed by atoms with E-state index in [1.807, 2.05) is 18.2 Å². The van der Waals surface area contributed by atoms with Gasteiger partial charge in [0.25, 0.3) is 0 Å². The van der Waals surface area contributed by atoms with Crippen LogP contribution >= 0.6 is 0 Å². The first-order valence-electron chi connectivity index (χ1n) is 6.73. The van der Waals surface area contributed by atoms with E-state index in [0.717, 1.165) is 30.8 Å². The van der Waals surface area contributed by atoms with Crippen molar-refractivity contribution in [3.8, 4) is 5.88 Å². The number of nitrogens with two attached hydrogens (primary N) is 1. The Morgan fingerprint density at radius 2 is 2.20 bits per heavy atom. The minimum Gasteiger partial charge on any atom is -0.477 e. The van der Waals surface area contributed by atoms with E-state index < -0.39 is 0 Å². The van der Waals surface area contributed by atoms with Gasteiger partial charge in [-0.3, -0.25) is 4.98 Å². The van der Waals surface area contributed by atoms with E-state index in [0.29, 0.717) is 24.2 Å². The SMILES string of the molecule is NNc1cc(OCCc2ccccn2)nc(C2CC2)n1. The van der Waals surface area contributed by atoms with Gasteiger partial charge in [-0.1, -0.05) is 6.07 Å². The van der Waals surface area contributed by atoms with Crippen LogP contribution in [0.4, 0.5) is 5.82 Å². The van der Waals surface area contributed by atoms with Gasteiger partial charge in [-0.2, -0.15) is 4.98 Å². The number of hydrogen-bond donors (Lipinski definition) is 2. The molecular weight excluding hydrogens is 254 g/mol. The molecule has 0 spiro atoms. The highest BCUT2D eigenvalue weighted by Gasteiger charge is 2.27. The van der Waals surface area contributed by atoms with Gasteiger partial charge in [0.15, 0.2) is 0 Å². The Labute approximate surface area is 117 Å². The van der Waals surface area contributed by atoms with Gasteiger partial charge in [0.05, 0.1) is 6.61 Å². The maximum Gasteiger partial charge on any atom is 0.218 e. The van der Waals surface area contributed by atoms with E-state index in [9.17, 15) is 0 Å². The summed E-state index contributed by atoms with van der Waals surface area (Å²) in [6, 6.07) is 7.56. The Bertz CT molecular complexity index is 571. The molecule has 0 radical (unpaired) electrons. The van der Waals surface area contributed by atoms with Crippen LogP contribution in [0.15, 0.2) is 30.5 Å². The molecule has 104 valence electrons. The third kappa shape index (κ3) is 3.21. The predicted molar refractivity (Wildman–Crippen MR) is 75.3 cm³/mol. The Morgan fingerprint density at radius 1 is 1.30 bits per heavy atom. The Kier molecular flexibility index (Phi) is 3.73. The molecule has 2 heterocycles. The number of nitrogens with one attached hydrogen (secondary N) is 1. The molecular formula is C14H17N5O. The smallest absolute Gasteiger partial charge is 0.218 e. The summed E-state index contributed by atoms with van der Waals surface area (Å²) in [5.74, 6) is 7.85. The monoisotopic (exact) mass is 271 g/mol. The molecule has 0 aliphatic heterocycles. The molecule has 0 saturated heterocycles. The van der Waals surface area contributed by atoms with E-state index in [4.69, 9.17) is 10.6 Å². The summed E-state index contributed by atoms with van der Waals surface area (Å²) in [5, 5.41) is 0. The van der Waals surface area contributed by atoms with Crippen LogP contribution in [0, 0.1) is 0 Å². The Hall–Kier alpha value is -2.21. The van der Waals surface area contributed by atoms with Gasteiger partial charge in [0, 0.05) is 30.3 Å². The zero-order chi connectivity index (χ0) is 13.8. The van der Waals surface area contributed by atoms with Crippen LogP contribution < -0.4 is 16.0 Å². The zero-order valence-electron chi connectivity index (χ0n) is 11.1. The van der Waals surface area contributed by atoms with E-state index in [2.05, 4.69) is 20.4 Å². The van der Waals surface area contributed by atoms with Gasteiger partial charge in [-0.05, 0) is 25.0 Å². The lowest BCUT2D eigenvalue weighted by molar-refractivity contribution is 0.306. The average molecular weight is 271 g/mol. The van der Waals surface area contributed by atoms with Gasteiger partial charge in [-0.25, -0.2) is 10.8 Å². The van der Waals surface area contributed by atoms with Crippen molar-refractivity contribution in [2.75, 3.05) is 12.0 Å². The summed E-state index contributed by atoms with van der Waals surface area (Å²) in [4.78, 5) is 13.0. The highest BCUT2D eigenvalue weighted by atomic mass is 16.5. The molecule has 0 bridgehead atoms. The van der Waals surface area contributed by atoms with E-state index >= 15 is 0 Å². The predicted octanol–water partition coefficient (Wildman–Crippen LogP) is 1.66. The quantitative estimate of drug-likeness (QED) is 0.614. The van der Waals surface area contributed by atoms with Gasteiger partial charge < -0.3 is 10.2 Å². The van der Waals surface area contributed by atoms with Gasteiger partial charge in [0.2, 0.25) is 5.88 Å². The largest absolute Gasteiger partial charge is 0.477 e. The van der Waals surface area contributed by atoms with E-state index in [1.54, 1.807) is 12.3 Å². The van der Waals surface area contributed by atoms with Gasteiger partial charge in [0.1, 0.15) is 11.6 Å². The van der Waals surface area contributed by atoms with E-state index in [1.165, 1.54) is 0 Å². The number of aromatic nitrogens is 3. The second-order valence-corrected chi connectivity index (χ2v) is 4.79. The molecule has 0 amide bonds. The fraction of sp³-hybridized carbons (Fsp3) is 0.357. The first kappa shape index (κ1) is 12.8. The zero-order valence-corrected chi connectivity index (χ0v) is 11.1. The molecule has 0 atom stereocenters. The van der Waals surface area contributed by atoms with Crippen molar-refractivity contribution in [1.82, 2.24) is 15.0 Å². The van der Waals surface area contributed by atoms with Crippen molar-refractivity contribution in [1.29, 1.82) is 0 Å². The number of ether oxygens (including phenoxy) is 1. The number of rotatable bonds is 6. The summed E-state index contributed by atoms with van der Waals surface area (Å²) < 4.78 is 5.68. The van der Waals surface area contributed by atoms with Crippen molar-refractivity contribution in [2.24, 2.45) is 5.84 Å². The maximum absolute atomic E-state index is 5.68. The summed E-state index contributed by atoms with van der Waals surface area (Å²) in [5.41, 5.74) is 3.56. The molecule has 6 nitrogen and oxygen atoms in total. The average Bonchev–Trinajstić information content (AvgIpc) is 3.33. The molecule has 2 aromatic rings. The van der Waals surface area contributed by atoms with Crippen molar-refractivity contribution >= 4 is 5.82 Å². The van der Waals surface area contributed by atoms with Crippen LogP contribution in [-0.2, 0) is 6.42 Å². The molecule has 6 heteroatoms. The highest BCUT2D eigenvalue weighted by molar-refractivity contribution is 5.38. The maximum atomic E-state index is 5.68. The molecule has 3 N–H and O–H groups in total. The number of nitrogen functional groups attached to an aromatic ring is 1. The number of hydrazine groups is 1. The highest BCUT2D eigenvalue weighted by Crippen LogP contribution is 2.38. The number of hydrogen-bond acceptors (Lipinski definition) is 6. The molecule has 1 saturated carbocycles. The molecule has 0 unspecified atom stereocenters. The summed E-state index contributed by atoms with van der Waals surface area (Å²) >= 11 is 0. The third-order valence-electron chi connectivity index (χ3n) is 3.14. The van der Waals surface area contributed by atoms with Crippen molar-refractivity contribution in [3.05, 3.63) is 42.0 Å². The van der Waals surface area contributed by atoms with Gasteiger partial charge in [-0.15, -0.1) is 0 Å². The lowest BCUT2D eigenvalue weighted by atomic mass is 10.3. The number of pyridine rings is 1. The van der Waals surface area contributed by atoms with Crippen LogP contribution in [-0.4, -0.2) is 21.6 Å². The second kappa shape index (κ2) is 5.83. The van der Waals surface area contributed by atoms with Crippen LogP contribution in [0.5, 0.6) is 5.88 Å². The summed E-state index contributed by atoms with van der Waals surface area (Å²) in [6.45, 7) is 0.530. The normalized spacial score (nSPS) is 14.1. The molecule has 1 fully saturated rings. The molecule has 2 aromatic heterocycles. The molecule has 1 aliphatic carbocycles. The molecule has 0 aromatic carbocycles.